The number of hydrogen-bond donors (Lipinski definition) is 0. The van der Waals surface area contributed by atoms with Gasteiger partial charge in [-0.2, -0.15) is 0 Å². The van der Waals surface area contributed by atoms with E-state index >= 15 is 0 Å². The van der Waals surface area contributed by atoms with Gasteiger partial charge in [0.05, 0.1) is 11.4 Å². The molecule has 0 aromatic heterocycles. The van der Waals surface area contributed by atoms with E-state index in [1.54, 1.807) is 0 Å². The molecule has 0 bridgehead atoms. The van der Waals surface area contributed by atoms with E-state index < -0.39 is 0 Å². The zero-order valence-corrected chi connectivity index (χ0v) is 41.7. The lowest BCUT2D eigenvalue weighted by atomic mass is 9.85. The van der Waals surface area contributed by atoms with Gasteiger partial charge in [0.15, 0.2) is 0 Å². The van der Waals surface area contributed by atoms with Gasteiger partial charge >= 0.3 is 0 Å². The number of benzene rings is 13. The summed E-state index contributed by atoms with van der Waals surface area (Å²) in [6, 6.07) is 94.9. The Balaban J connectivity index is 0.996. The van der Waals surface area contributed by atoms with Crippen molar-refractivity contribution in [2.75, 3.05) is 9.80 Å². The van der Waals surface area contributed by atoms with Crippen LogP contribution in [0.15, 0.2) is 261 Å². The average molecular weight is 957 g/mol. The van der Waals surface area contributed by atoms with Crippen molar-refractivity contribution < 1.29 is 0 Å². The third-order valence-electron chi connectivity index (χ3n) is 14.6. The number of hydrogen-bond acceptors (Lipinski definition) is 2. The van der Waals surface area contributed by atoms with Crippen molar-refractivity contribution >= 4 is 124 Å². The Hall–Kier alpha value is -9.76. The number of anilines is 6. The fourth-order valence-corrected chi connectivity index (χ4v) is 11.0. The zero-order valence-electron chi connectivity index (χ0n) is 41.7. The Kier molecular flexibility index (Phi) is 11.8. The minimum Gasteiger partial charge on any atom is -0.310 e. The van der Waals surface area contributed by atoms with Crippen LogP contribution in [0.3, 0.4) is 0 Å². The fourth-order valence-electron chi connectivity index (χ4n) is 11.0. The average Bonchev–Trinajstić information content (AvgIpc) is 3.50. The monoisotopic (exact) mass is 956 g/mol. The first-order chi connectivity index (χ1) is 37.1. The molecule has 0 fully saturated rings. The van der Waals surface area contributed by atoms with E-state index in [1.165, 1.54) is 76.1 Å². The third-order valence-corrected chi connectivity index (χ3v) is 14.6. The van der Waals surface area contributed by atoms with Crippen LogP contribution in [0, 0.1) is 6.92 Å². The van der Waals surface area contributed by atoms with Crippen LogP contribution in [0.4, 0.5) is 34.1 Å². The molecule has 0 spiro atoms. The summed E-state index contributed by atoms with van der Waals surface area (Å²) >= 11 is 0. The first-order valence-corrected chi connectivity index (χ1v) is 25.8. The van der Waals surface area contributed by atoms with Gasteiger partial charge in [0.25, 0.3) is 0 Å². The van der Waals surface area contributed by atoms with Crippen molar-refractivity contribution in [2.45, 2.75) is 6.92 Å². The summed E-state index contributed by atoms with van der Waals surface area (Å²) in [6.45, 7) is 2.15. The van der Waals surface area contributed by atoms with E-state index in [0.717, 1.165) is 50.8 Å². The van der Waals surface area contributed by atoms with Crippen molar-refractivity contribution in [3.63, 3.8) is 0 Å². The number of aryl methyl sites for hydroxylation is 1. The molecule has 0 unspecified atom stereocenters. The molecular formula is C73H52N2. The molecule has 0 aliphatic carbocycles. The number of rotatable bonds is 12. The first kappa shape index (κ1) is 45.1. The Bertz CT molecular complexity index is 4140. The molecule has 0 aliphatic rings. The molecule has 0 N–H and O–H groups in total. The molecule has 0 saturated carbocycles. The smallest absolute Gasteiger partial charge is 0.0619 e. The molecule has 13 aromatic carbocycles. The van der Waals surface area contributed by atoms with Crippen LogP contribution in [-0.2, 0) is 0 Å². The van der Waals surface area contributed by atoms with Crippen molar-refractivity contribution in [3.8, 4) is 0 Å². The highest BCUT2D eigenvalue weighted by atomic mass is 15.1. The van der Waals surface area contributed by atoms with E-state index in [9.17, 15) is 0 Å². The summed E-state index contributed by atoms with van der Waals surface area (Å²) in [5.41, 5.74) is 14.9. The van der Waals surface area contributed by atoms with Crippen LogP contribution in [0.1, 0.15) is 38.9 Å². The SMILES string of the molecule is Cc1ccc(N(c2ccc(/C=C/c3ccccc3)cc2)c2ccc3c4c2cccc4c2cccc4c(N(c5ccc(/C=C/c6ccccc6)cc5)c5ccc(/C=C/c6ccccc6)cc5)c5ccccc5c3c42)cc1. The fraction of sp³-hybridized carbons (Fsp3) is 0.0137. The summed E-state index contributed by atoms with van der Waals surface area (Å²) in [5, 5.41) is 12.4. The minimum absolute atomic E-state index is 1.09. The molecule has 0 amide bonds. The van der Waals surface area contributed by atoms with Crippen molar-refractivity contribution in [1.82, 2.24) is 0 Å². The van der Waals surface area contributed by atoms with Gasteiger partial charge < -0.3 is 9.80 Å². The summed E-state index contributed by atoms with van der Waals surface area (Å²) in [6.07, 6.45) is 13.1. The Morgan fingerprint density at radius 2 is 0.560 bits per heavy atom. The van der Waals surface area contributed by atoms with Crippen LogP contribution in [0.2, 0.25) is 0 Å². The third kappa shape index (κ3) is 8.69. The normalized spacial score (nSPS) is 11.9. The maximum absolute atomic E-state index is 2.47. The largest absolute Gasteiger partial charge is 0.310 e. The second kappa shape index (κ2) is 19.7. The molecule has 2 nitrogen and oxygen atoms in total. The lowest BCUT2D eigenvalue weighted by Gasteiger charge is -2.30. The van der Waals surface area contributed by atoms with Crippen LogP contribution in [0.5, 0.6) is 0 Å². The maximum Gasteiger partial charge on any atom is 0.0619 e. The zero-order chi connectivity index (χ0) is 50.1. The van der Waals surface area contributed by atoms with Gasteiger partial charge in [-0.15, -0.1) is 0 Å². The first-order valence-electron chi connectivity index (χ1n) is 25.8. The van der Waals surface area contributed by atoms with E-state index in [2.05, 4.69) is 314 Å². The molecular weight excluding hydrogens is 905 g/mol. The second-order valence-corrected chi connectivity index (χ2v) is 19.4. The highest BCUT2D eigenvalue weighted by molar-refractivity contribution is 6.41. The quantitative estimate of drug-likeness (QED) is 0.0684. The summed E-state index contributed by atoms with van der Waals surface area (Å²) in [4.78, 5) is 4.90. The van der Waals surface area contributed by atoms with Gasteiger partial charge in [-0.1, -0.05) is 248 Å². The Labute approximate surface area is 438 Å². The van der Waals surface area contributed by atoms with Crippen LogP contribution >= 0.6 is 0 Å². The lowest BCUT2D eigenvalue weighted by Crippen LogP contribution is -2.12. The highest BCUT2D eigenvalue weighted by Gasteiger charge is 2.25. The summed E-state index contributed by atoms with van der Waals surface area (Å²) < 4.78 is 0. The maximum atomic E-state index is 2.47. The molecule has 0 aliphatic heterocycles. The van der Waals surface area contributed by atoms with Crippen molar-refractivity contribution in [1.29, 1.82) is 0 Å². The summed E-state index contributed by atoms with van der Waals surface area (Å²) in [5.74, 6) is 0. The Morgan fingerprint density at radius 3 is 1.04 bits per heavy atom. The molecule has 13 rings (SSSR count). The van der Waals surface area contributed by atoms with Crippen LogP contribution in [0.25, 0.3) is 90.3 Å². The summed E-state index contributed by atoms with van der Waals surface area (Å²) in [7, 11) is 0. The van der Waals surface area contributed by atoms with Crippen molar-refractivity contribution in [3.05, 3.63) is 300 Å². The standard InChI is InChI=1S/C73H52N2/c1-51-27-41-58(42-28-51)74(59-43-35-55(36-44-59)32-29-52-15-5-2-6-16-52)69-50-49-67-70-62(23-13-25-66(69)70)63-24-14-26-68-72(63)71(67)64-21-11-12-22-65(64)73(68)75(60-45-37-56(38-46-60)33-30-53-17-7-3-8-18-53)61-47-39-57(40-48-61)34-31-54-19-9-4-10-20-54/h2-50H,1H3/b32-29+,33-30+,34-31+. The number of nitrogens with zero attached hydrogens (tertiary/aromatic N) is 2. The van der Waals surface area contributed by atoms with E-state index in [4.69, 9.17) is 0 Å². The molecule has 0 heterocycles. The molecule has 0 saturated heterocycles. The minimum atomic E-state index is 1.09. The van der Waals surface area contributed by atoms with Crippen LogP contribution < -0.4 is 9.80 Å². The van der Waals surface area contributed by atoms with Gasteiger partial charge in [-0.05, 0) is 127 Å². The lowest BCUT2D eigenvalue weighted by molar-refractivity contribution is 1.29. The molecule has 0 atom stereocenters. The van der Waals surface area contributed by atoms with E-state index in [1.807, 2.05) is 0 Å². The highest BCUT2D eigenvalue weighted by Crippen LogP contribution is 2.52. The second-order valence-electron chi connectivity index (χ2n) is 19.4. The molecule has 0 radical (unpaired) electrons. The van der Waals surface area contributed by atoms with Crippen LogP contribution in [-0.4, -0.2) is 0 Å². The van der Waals surface area contributed by atoms with E-state index in [-0.39, 0.29) is 0 Å². The molecule has 2 heteroatoms. The molecule has 13 aromatic rings. The predicted molar refractivity (Wildman–Crippen MR) is 325 cm³/mol. The van der Waals surface area contributed by atoms with Gasteiger partial charge in [-0.3, -0.25) is 0 Å². The molecule has 75 heavy (non-hydrogen) atoms. The topological polar surface area (TPSA) is 6.48 Å². The van der Waals surface area contributed by atoms with Gasteiger partial charge in [0.1, 0.15) is 0 Å². The van der Waals surface area contributed by atoms with Gasteiger partial charge in [0.2, 0.25) is 0 Å². The Morgan fingerprint density at radius 1 is 0.227 bits per heavy atom. The number of fused-ring (bicyclic) bond motifs is 4. The predicted octanol–water partition coefficient (Wildman–Crippen LogP) is 20.6. The van der Waals surface area contributed by atoms with Gasteiger partial charge in [0, 0.05) is 44.3 Å². The molecule has 354 valence electrons. The van der Waals surface area contributed by atoms with E-state index in [0.29, 0.717) is 0 Å². The van der Waals surface area contributed by atoms with Crippen molar-refractivity contribution in [2.24, 2.45) is 0 Å². The van der Waals surface area contributed by atoms with Gasteiger partial charge in [-0.25, -0.2) is 0 Å².